The van der Waals surface area contributed by atoms with Crippen LogP contribution in [0.15, 0.2) is 16.5 Å². The summed E-state index contributed by atoms with van der Waals surface area (Å²) in [5.74, 6) is 2.04. The monoisotopic (exact) mass is 224 g/mol. The molecule has 16 heavy (non-hydrogen) atoms. The zero-order valence-corrected chi connectivity index (χ0v) is 10.9. The van der Waals surface area contributed by atoms with Crippen molar-refractivity contribution in [3.63, 3.8) is 0 Å². The van der Waals surface area contributed by atoms with Gasteiger partial charge in [-0.15, -0.1) is 0 Å². The first-order chi connectivity index (χ1) is 7.67. The topological polar surface area (TPSA) is 28.4 Å². The highest BCUT2D eigenvalue weighted by Gasteiger charge is 2.13. The van der Waals surface area contributed by atoms with E-state index < -0.39 is 0 Å². The van der Waals surface area contributed by atoms with Crippen LogP contribution in [0.25, 0.3) is 0 Å². The molecule has 1 heterocycles. The van der Waals surface area contributed by atoms with Crippen molar-refractivity contribution in [1.29, 1.82) is 0 Å². The second kappa shape index (κ2) is 6.71. The summed E-state index contributed by atoms with van der Waals surface area (Å²) in [7, 11) is 2.16. The molecule has 1 N–H and O–H groups in total. The highest BCUT2D eigenvalue weighted by Crippen LogP contribution is 2.11. The molecule has 92 valence electrons. The zero-order chi connectivity index (χ0) is 12.0. The fourth-order valence-electron chi connectivity index (χ4n) is 1.87. The SMILES string of the molecule is CCNCC(CC)N(C)Cc1ccc(C)o1. The summed E-state index contributed by atoms with van der Waals surface area (Å²) in [5, 5.41) is 3.40. The average molecular weight is 224 g/mol. The van der Waals surface area contributed by atoms with Gasteiger partial charge in [-0.3, -0.25) is 4.90 Å². The minimum absolute atomic E-state index is 0.574. The number of nitrogens with zero attached hydrogens (tertiary/aromatic N) is 1. The van der Waals surface area contributed by atoms with Crippen LogP contribution in [-0.2, 0) is 6.54 Å². The second-order valence-electron chi connectivity index (χ2n) is 4.30. The largest absolute Gasteiger partial charge is 0.465 e. The molecule has 1 aromatic heterocycles. The summed E-state index contributed by atoms with van der Waals surface area (Å²) in [6.45, 7) is 9.32. The maximum atomic E-state index is 5.59. The first-order valence-electron chi connectivity index (χ1n) is 6.13. The van der Waals surface area contributed by atoms with Gasteiger partial charge in [0, 0.05) is 12.6 Å². The molecule has 0 radical (unpaired) electrons. The Morgan fingerprint density at radius 1 is 1.38 bits per heavy atom. The van der Waals surface area contributed by atoms with Crippen molar-refractivity contribution in [2.45, 2.75) is 39.8 Å². The van der Waals surface area contributed by atoms with E-state index in [9.17, 15) is 0 Å². The molecule has 0 aromatic carbocycles. The number of furan rings is 1. The molecule has 3 nitrogen and oxygen atoms in total. The molecule has 0 spiro atoms. The van der Waals surface area contributed by atoms with Gasteiger partial charge >= 0.3 is 0 Å². The van der Waals surface area contributed by atoms with Crippen LogP contribution >= 0.6 is 0 Å². The minimum atomic E-state index is 0.574. The normalized spacial score (nSPS) is 13.3. The Kier molecular flexibility index (Phi) is 5.56. The van der Waals surface area contributed by atoms with E-state index >= 15 is 0 Å². The molecule has 1 rings (SSSR count). The van der Waals surface area contributed by atoms with Crippen LogP contribution in [-0.4, -0.2) is 31.1 Å². The highest BCUT2D eigenvalue weighted by atomic mass is 16.3. The van der Waals surface area contributed by atoms with Crippen molar-refractivity contribution in [1.82, 2.24) is 10.2 Å². The van der Waals surface area contributed by atoms with Gasteiger partial charge in [0.25, 0.3) is 0 Å². The van der Waals surface area contributed by atoms with E-state index in [1.54, 1.807) is 0 Å². The Morgan fingerprint density at radius 2 is 2.12 bits per heavy atom. The third kappa shape index (κ3) is 3.99. The summed E-state index contributed by atoms with van der Waals surface area (Å²) in [6.07, 6.45) is 1.16. The van der Waals surface area contributed by atoms with E-state index in [0.717, 1.165) is 37.6 Å². The fraction of sp³-hybridized carbons (Fsp3) is 0.692. The fourth-order valence-corrected chi connectivity index (χ4v) is 1.87. The van der Waals surface area contributed by atoms with Crippen LogP contribution in [0.3, 0.4) is 0 Å². The van der Waals surface area contributed by atoms with Crippen LogP contribution in [0.1, 0.15) is 31.8 Å². The van der Waals surface area contributed by atoms with Gasteiger partial charge in [-0.05, 0) is 39.1 Å². The lowest BCUT2D eigenvalue weighted by molar-refractivity contribution is 0.205. The molecular formula is C13H24N2O. The molecule has 0 amide bonds. The van der Waals surface area contributed by atoms with Crippen LogP contribution in [0.2, 0.25) is 0 Å². The Bertz CT molecular complexity index is 296. The summed E-state index contributed by atoms with van der Waals surface area (Å²) in [4.78, 5) is 2.35. The van der Waals surface area contributed by atoms with E-state index in [2.05, 4.69) is 37.2 Å². The van der Waals surface area contributed by atoms with Gasteiger partial charge in [0.1, 0.15) is 11.5 Å². The summed E-state index contributed by atoms with van der Waals surface area (Å²) >= 11 is 0. The van der Waals surface area contributed by atoms with Crippen LogP contribution in [0.4, 0.5) is 0 Å². The van der Waals surface area contributed by atoms with Crippen LogP contribution in [0, 0.1) is 6.92 Å². The number of rotatable bonds is 7. The molecule has 0 bridgehead atoms. The standard InChI is InChI=1S/C13H24N2O/c1-5-12(9-14-6-2)15(4)10-13-8-7-11(3)16-13/h7-8,12,14H,5-6,9-10H2,1-4H3. The van der Waals surface area contributed by atoms with Gasteiger partial charge < -0.3 is 9.73 Å². The molecule has 0 aliphatic rings. The van der Waals surface area contributed by atoms with E-state index in [1.165, 1.54) is 0 Å². The number of nitrogens with one attached hydrogen (secondary N) is 1. The van der Waals surface area contributed by atoms with Gasteiger partial charge in [-0.1, -0.05) is 13.8 Å². The Hall–Kier alpha value is -0.800. The van der Waals surface area contributed by atoms with Gasteiger partial charge in [0.05, 0.1) is 6.54 Å². The van der Waals surface area contributed by atoms with Crippen LogP contribution in [0.5, 0.6) is 0 Å². The molecule has 3 heteroatoms. The number of likely N-dealkylation sites (N-methyl/N-ethyl adjacent to an activating group) is 2. The molecule has 0 saturated heterocycles. The molecular weight excluding hydrogens is 200 g/mol. The summed E-state index contributed by atoms with van der Waals surface area (Å²) in [6, 6.07) is 4.66. The van der Waals surface area contributed by atoms with Crippen molar-refractivity contribution in [2.24, 2.45) is 0 Å². The minimum Gasteiger partial charge on any atom is -0.465 e. The lowest BCUT2D eigenvalue weighted by Crippen LogP contribution is -2.39. The molecule has 0 saturated carbocycles. The Labute approximate surface area is 98.8 Å². The van der Waals surface area contributed by atoms with E-state index in [4.69, 9.17) is 4.42 Å². The molecule has 0 fully saturated rings. The molecule has 1 aromatic rings. The first-order valence-corrected chi connectivity index (χ1v) is 6.13. The zero-order valence-electron chi connectivity index (χ0n) is 10.9. The van der Waals surface area contributed by atoms with Crippen LogP contribution < -0.4 is 5.32 Å². The second-order valence-corrected chi connectivity index (χ2v) is 4.30. The third-order valence-electron chi connectivity index (χ3n) is 2.93. The third-order valence-corrected chi connectivity index (χ3v) is 2.93. The smallest absolute Gasteiger partial charge is 0.118 e. The Balaban J connectivity index is 2.45. The molecule has 1 unspecified atom stereocenters. The van der Waals surface area contributed by atoms with Crippen molar-refractivity contribution in [3.8, 4) is 0 Å². The quantitative estimate of drug-likeness (QED) is 0.771. The predicted molar refractivity (Wildman–Crippen MR) is 67.5 cm³/mol. The lowest BCUT2D eigenvalue weighted by atomic mass is 10.2. The molecule has 0 aliphatic heterocycles. The predicted octanol–water partition coefficient (Wildman–Crippen LogP) is 2.41. The lowest BCUT2D eigenvalue weighted by Gasteiger charge is -2.26. The van der Waals surface area contributed by atoms with Gasteiger partial charge in [-0.2, -0.15) is 0 Å². The maximum Gasteiger partial charge on any atom is 0.118 e. The number of aryl methyl sites for hydroxylation is 1. The highest BCUT2D eigenvalue weighted by molar-refractivity contribution is 5.05. The van der Waals surface area contributed by atoms with E-state index in [-0.39, 0.29) is 0 Å². The molecule has 0 aliphatic carbocycles. The van der Waals surface area contributed by atoms with Crippen molar-refractivity contribution >= 4 is 0 Å². The summed E-state index contributed by atoms with van der Waals surface area (Å²) < 4.78 is 5.59. The number of hydrogen-bond acceptors (Lipinski definition) is 3. The van der Waals surface area contributed by atoms with Crippen molar-refractivity contribution in [3.05, 3.63) is 23.7 Å². The molecule has 1 atom stereocenters. The number of hydrogen-bond donors (Lipinski definition) is 1. The maximum absolute atomic E-state index is 5.59. The van der Waals surface area contributed by atoms with E-state index in [0.29, 0.717) is 6.04 Å². The van der Waals surface area contributed by atoms with Crippen molar-refractivity contribution < 1.29 is 4.42 Å². The first kappa shape index (κ1) is 13.3. The van der Waals surface area contributed by atoms with E-state index in [1.807, 2.05) is 13.0 Å². The van der Waals surface area contributed by atoms with Gasteiger partial charge in [0.2, 0.25) is 0 Å². The van der Waals surface area contributed by atoms with Gasteiger partial charge in [0.15, 0.2) is 0 Å². The van der Waals surface area contributed by atoms with Crippen molar-refractivity contribution in [2.75, 3.05) is 20.1 Å². The summed E-state index contributed by atoms with van der Waals surface area (Å²) in [5.41, 5.74) is 0. The average Bonchev–Trinajstić information content (AvgIpc) is 2.65. The van der Waals surface area contributed by atoms with Gasteiger partial charge in [-0.25, -0.2) is 0 Å². The Morgan fingerprint density at radius 3 is 2.62 bits per heavy atom.